The zero-order valence-corrected chi connectivity index (χ0v) is 27.9. The second-order valence-corrected chi connectivity index (χ2v) is 13.1. The van der Waals surface area contributed by atoms with Crippen LogP contribution < -0.4 is 5.32 Å². The third kappa shape index (κ3) is 6.23. The molecule has 2 amide bonds. The fraction of sp³-hybridized carbons (Fsp3) is 0.406. The molecule has 0 spiro atoms. The smallest absolute Gasteiger partial charge is 0.248 e. The Bertz CT molecular complexity index is 1810. The molecule has 1 saturated heterocycles. The number of anilines is 1. The molecule has 13 heteroatoms. The number of carbonyl (C=O) groups excluding carboxylic acids is 3. The van der Waals surface area contributed by atoms with Gasteiger partial charge in [0.25, 0.3) is 0 Å². The molecular weight excluding hydrogens is 643 g/mol. The van der Waals surface area contributed by atoms with Crippen LogP contribution >= 0.6 is 15.9 Å². The Morgan fingerprint density at radius 1 is 1.13 bits per heavy atom. The van der Waals surface area contributed by atoms with Gasteiger partial charge in [-0.15, -0.1) is 0 Å². The standard InChI is InChI=1S/C32H36BrFN8O3/c1-17-8-11-25(33)37-30(17)38-31(45)24-12-32(5,16-40(6)7)19(3)42(24)26(44)15-41-23-10-9-22(21-13-35-20(4)36-14-21)28(34)27(23)29(39-41)18(2)43/h8-11,13-14,19,24H,12,15-16H2,1-7H3,(H,37,38,45)/t19-,24-,32+/m0/s1. The molecule has 3 aromatic heterocycles. The molecule has 4 heterocycles. The minimum absolute atomic E-state index is 0.0192. The third-order valence-electron chi connectivity index (χ3n) is 8.56. The number of rotatable bonds is 8. The second-order valence-electron chi connectivity index (χ2n) is 12.3. The normalized spacial score (nSPS) is 19.8. The molecule has 4 aromatic rings. The van der Waals surface area contributed by atoms with Crippen LogP contribution in [0.2, 0.25) is 0 Å². The SMILES string of the molecule is CC(=O)c1nn(CC(=O)N2[C@@H](C)[C@@](C)(CN(C)C)C[C@H]2C(=O)Nc2nc(Br)ccc2C)c2ccc(-c3cnc(C)nc3)c(F)c12. The number of fused-ring (bicyclic) bond motifs is 1. The first-order chi connectivity index (χ1) is 21.2. The molecule has 1 N–H and O–H groups in total. The highest BCUT2D eigenvalue weighted by Gasteiger charge is 2.51. The van der Waals surface area contributed by atoms with Crippen molar-refractivity contribution in [3.8, 4) is 11.1 Å². The number of hydrogen-bond acceptors (Lipinski definition) is 8. The molecule has 0 saturated carbocycles. The summed E-state index contributed by atoms with van der Waals surface area (Å²) in [6.45, 7) is 9.24. The van der Waals surface area contributed by atoms with Crippen molar-refractivity contribution in [3.63, 3.8) is 0 Å². The lowest BCUT2D eigenvalue weighted by molar-refractivity contribution is -0.139. The van der Waals surface area contributed by atoms with Gasteiger partial charge in [0.1, 0.15) is 40.3 Å². The maximum atomic E-state index is 16.0. The predicted molar refractivity (Wildman–Crippen MR) is 172 cm³/mol. The number of aromatic nitrogens is 5. The van der Waals surface area contributed by atoms with E-state index in [4.69, 9.17) is 0 Å². The minimum Gasteiger partial charge on any atom is -0.326 e. The quantitative estimate of drug-likeness (QED) is 0.208. The molecule has 3 atom stereocenters. The summed E-state index contributed by atoms with van der Waals surface area (Å²) >= 11 is 3.35. The molecule has 5 rings (SSSR count). The molecule has 1 aromatic carbocycles. The molecule has 1 fully saturated rings. The van der Waals surface area contributed by atoms with E-state index in [0.29, 0.717) is 40.3 Å². The van der Waals surface area contributed by atoms with Crippen molar-refractivity contribution >= 4 is 50.2 Å². The molecule has 11 nitrogen and oxygen atoms in total. The molecule has 0 bridgehead atoms. The van der Waals surface area contributed by atoms with Crippen molar-refractivity contribution in [1.82, 2.24) is 34.5 Å². The first-order valence-corrected chi connectivity index (χ1v) is 15.4. The number of nitrogens with zero attached hydrogens (tertiary/aromatic N) is 7. The Morgan fingerprint density at radius 2 is 1.82 bits per heavy atom. The lowest BCUT2D eigenvalue weighted by Gasteiger charge is -2.35. The largest absolute Gasteiger partial charge is 0.326 e. The summed E-state index contributed by atoms with van der Waals surface area (Å²) in [5.74, 6) is -0.859. The van der Waals surface area contributed by atoms with Crippen molar-refractivity contribution in [2.45, 2.75) is 59.7 Å². The number of ketones is 1. The number of benzene rings is 1. The molecule has 0 radical (unpaired) electrons. The first-order valence-electron chi connectivity index (χ1n) is 14.6. The van der Waals surface area contributed by atoms with Gasteiger partial charge in [-0.25, -0.2) is 19.3 Å². The van der Waals surface area contributed by atoms with Crippen LogP contribution in [-0.2, 0) is 16.1 Å². The lowest BCUT2D eigenvalue weighted by Crippen LogP contribution is -2.49. The maximum absolute atomic E-state index is 16.0. The van der Waals surface area contributed by atoms with E-state index in [1.54, 1.807) is 30.0 Å². The highest BCUT2D eigenvalue weighted by Crippen LogP contribution is 2.42. The lowest BCUT2D eigenvalue weighted by atomic mass is 9.81. The van der Waals surface area contributed by atoms with Gasteiger partial charge in [-0.1, -0.05) is 13.0 Å². The van der Waals surface area contributed by atoms with Crippen LogP contribution in [0.25, 0.3) is 22.0 Å². The van der Waals surface area contributed by atoms with E-state index in [0.717, 1.165) is 5.56 Å². The number of aryl methyl sites for hydroxylation is 2. The minimum atomic E-state index is -0.795. The summed E-state index contributed by atoms with van der Waals surface area (Å²) in [4.78, 5) is 57.0. The van der Waals surface area contributed by atoms with Gasteiger partial charge in [-0.2, -0.15) is 5.10 Å². The number of halogens is 2. The van der Waals surface area contributed by atoms with E-state index in [1.807, 2.05) is 38.9 Å². The van der Waals surface area contributed by atoms with E-state index in [1.165, 1.54) is 24.0 Å². The Balaban J connectivity index is 1.52. The van der Waals surface area contributed by atoms with Crippen molar-refractivity contribution in [1.29, 1.82) is 0 Å². The Morgan fingerprint density at radius 3 is 2.47 bits per heavy atom. The van der Waals surface area contributed by atoms with Crippen molar-refractivity contribution in [3.05, 3.63) is 64.2 Å². The second kappa shape index (κ2) is 12.4. The highest BCUT2D eigenvalue weighted by molar-refractivity contribution is 9.10. The Labute approximate surface area is 269 Å². The fourth-order valence-electron chi connectivity index (χ4n) is 6.24. The number of nitrogens with one attached hydrogen (secondary N) is 1. The monoisotopic (exact) mass is 678 g/mol. The number of amides is 2. The van der Waals surface area contributed by atoms with Crippen LogP contribution in [0, 0.1) is 25.1 Å². The maximum Gasteiger partial charge on any atom is 0.248 e. The average molecular weight is 680 g/mol. The summed E-state index contributed by atoms with van der Waals surface area (Å²) in [6, 6.07) is 5.71. The van der Waals surface area contributed by atoms with Crippen LogP contribution in [0.15, 0.2) is 41.3 Å². The number of likely N-dealkylation sites (tertiary alicyclic amines) is 1. The Hall–Kier alpha value is -4.10. The number of carbonyl (C=O) groups is 3. The van der Waals surface area contributed by atoms with Gasteiger partial charge in [0.15, 0.2) is 5.78 Å². The van der Waals surface area contributed by atoms with E-state index in [9.17, 15) is 14.4 Å². The average Bonchev–Trinajstić information content (AvgIpc) is 3.46. The number of hydrogen-bond donors (Lipinski definition) is 1. The fourth-order valence-corrected chi connectivity index (χ4v) is 6.55. The molecule has 45 heavy (non-hydrogen) atoms. The predicted octanol–water partition coefficient (Wildman–Crippen LogP) is 4.81. The van der Waals surface area contributed by atoms with Gasteiger partial charge in [0, 0.05) is 48.4 Å². The summed E-state index contributed by atoms with van der Waals surface area (Å²) in [7, 11) is 3.91. The van der Waals surface area contributed by atoms with Gasteiger partial charge < -0.3 is 15.1 Å². The topological polar surface area (TPSA) is 126 Å². The van der Waals surface area contributed by atoms with E-state index in [2.05, 4.69) is 48.2 Å². The van der Waals surface area contributed by atoms with Gasteiger partial charge in [0.05, 0.1) is 10.9 Å². The molecule has 1 aliphatic heterocycles. The zero-order chi connectivity index (χ0) is 32.8. The molecule has 236 valence electrons. The summed E-state index contributed by atoms with van der Waals surface area (Å²) in [5.41, 5.74) is 1.26. The van der Waals surface area contributed by atoms with Crippen LogP contribution in [0.1, 0.15) is 49.1 Å². The number of pyridine rings is 1. The van der Waals surface area contributed by atoms with E-state index < -0.39 is 23.1 Å². The molecule has 0 aliphatic carbocycles. The molecular formula is C32H36BrFN8O3. The highest BCUT2D eigenvalue weighted by atomic mass is 79.9. The van der Waals surface area contributed by atoms with Gasteiger partial charge in [0.2, 0.25) is 11.8 Å². The number of Topliss-reactive ketones (excluding diaryl/α,β-unsaturated/α-hetero) is 1. The van der Waals surface area contributed by atoms with Gasteiger partial charge >= 0.3 is 0 Å². The van der Waals surface area contributed by atoms with E-state index in [-0.39, 0.29) is 41.0 Å². The Kier molecular flexibility index (Phi) is 8.87. The van der Waals surface area contributed by atoms with Crippen LogP contribution in [-0.4, -0.2) is 84.9 Å². The van der Waals surface area contributed by atoms with Crippen LogP contribution in [0.5, 0.6) is 0 Å². The van der Waals surface area contributed by atoms with E-state index >= 15 is 4.39 Å². The van der Waals surface area contributed by atoms with Crippen LogP contribution in [0.4, 0.5) is 10.2 Å². The van der Waals surface area contributed by atoms with Crippen molar-refractivity contribution in [2.24, 2.45) is 5.41 Å². The summed E-state index contributed by atoms with van der Waals surface area (Å²) in [5, 5.41) is 7.34. The molecule has 0 unspecified atom stereocenters. The van der Waals surface area contributed by atoms with Crippen molar-refractivity contribution in [2.75, 3.05) is 26.0 Å². The van der Waals surface area contributed by atoms with Crippen LogP contribution in [0.3, 0.4) is 0 Å². The summed E-state index contributed by atoms with van der Waals surface area (Å²) < 4.78 is 17.9. The van der Waals surface area contributed by atoms with Crippen molar-refractivity contribution < 1.29 is 18.8 Å². The van der Waals surface area contributed by atoms with Gasteiger partial charge in [-0.3, -0.25) is 19.1 Å². The van der Waals surface area contributed by atoms with Gasteiger partial charge in [-0.05, 0) is 81.0 Å². The third-order valence-corrected chi connectivity index (χ3v) is 9.00. The molecule has 1 aliphatic rings. The summed E-state index contributed by atoms with van der Waals surface area (Å²) in [6.07, 6.45) is 3.46. The zero-order valence-electron chi connectivity index (χ0n) is 26.4. The first kappa shape index (κ1) is 32.3.